The molecule has 164 valence electrons. The third kappa shape index (κ3) is 4.03. The van der Waals surface area contributed by atoms with Crippen molar-refractivity contribution in [2.75, 3.05) is 37.7 Å². The van der Waals surface area contributed by atoms with Crippen LogP contribution in [-0.4, -0.2) is 76.4 Å². The summed E-state index contributed by atoms with van der Waals surface area (Å²) in [6.45, 7) is 4.42. The van der Waals surface area contributed by atoms with Crippen LogP contribution in [0.5, 0.6) is 0 Å². The molecule has 2 saturated heterocycles. The molecular formula is C21H32N6O3. The van der Waals surface area contributed by atoms with Gasteiger partial charge in [0.15, 0.2) is 0 Å². The van der Waals surface area contributed by atoms with Gasteiger partial charge in [0.05, 0.1) is 23.4 Å². The van der Waals surface area contributed by atoms with Crippen LogP contribution in [0.3, 0.4) is 0 Å². The highest BCUT2D eigenvalue weighted by molar-refractivity contribution is 5.77. The van der Waals surface area contributed by atoms with E-state index in [1.54, 1.807) is 11.2 Å². The average Bonchev–Trinajstić information content (AvgIpc) is 3.35. The number of amides is 1. The first kappa shape index (κ1) is 20.1. The summed E-state index contributed by atoms with van der Waals surface area (Å²) in [4.78, 5) is 24.7. The van der Waals surface area contributed by atoms with E-state index in [0.717, 1.165) is 30.8 Å². The number of ether oxygens (including phenoxy) is 1. The third-order valence-electron chi connectivity index (χ3n) is 7.19. The number of aliphatic hydroxyl groups excluding tert-OH is 1. The van der Waals surface area contributed by atoms with Gasteiger partial charge in [-0.2, -0.15) is 0 Å². The Kier molecular flexibility index (Phi) is 5.38. The van der Waals surface area contributed by atoms with Gasteiger partial charge < -0.3 is 19.6 Å². The molecule has 4 unspecified atom stereocenters. The Balaban J connectivity index is 1.25. The van der Waals surface area contributed by atoms with Crippen molar-refractivity contribution in [3.8, 4) is 0 Å². The Hall–Kier alpha value is -1.81. The molecule has 1 aromatic heterocycles. The molecule has 2 aliphatic carbocycles. The minimum atomic E-state index is -0.426. The van der Waals surface area contributed by atoms with Gasteiger partial charge in [0.25, 0.3) is 0 Å². The molecule has 4 fully saturated rings. The fraction of sp³-hybridized carbons (Fsp3) is 0.762. The van der Waals surface area contributed by atoms with E-state index < -0.39 is 6.61 Å². The van der Waals surface area contributed by atoms with E-state index in [1.165, 1.54) is 12.8 Å². The minimum Gasteiger partial charge on any atom is -0.387 e. The summed E-state index contributed by atoms with van der Waals surface area (Å²) in [6, 6.07) is 2.68. The molecule has 30 heavy (non-hydrogen) atoms. The number of nitrogens with one attached hydrogen (secondary N) is 2. The Bertz CT molecular complexity index is 780. The third-order valence-corrected chi connectivity index (χ3v) is 7.19. The van der Waals surface area contributed by atoms with Crippen LogP contribution < -0.4 is 15.8 Å². The first-order chi connectivity index (χ1) is 14.5. The van der Waals surface area contributed by atoms with Gasteiger partial charge in [0.1, 0.15) is 18.8 Å². The van der Waals surface area contributed by atoms with Crippen LogP contribution in [0, 0.1) is 5.92 Å². The zero-order chi connectivity index (χ0) is 20.7. The van der Waals surface area contributed by atoms with E-state index in [2.05, 4.69) is 38.7 Å². The largest absolute Gasteiger partial charge is 0.387 e. The average molecular weight is 417 g/mol. The summed E-state index contributed by atoms with van der Waals surface area (Å²) in [7, 11) is 0. The molecule has 9 nitrogen and oxygen atoms in total. The zero-order valence-corrected chi connectivity index (χ0v) is 17.6. The Morgan fingerprint density at radius 2 is 2.03 bits per heavy atom. The molecule has 1 amide bonds. The predicted molar refractivity (Wildman–Crippen MR) is 111 cm³/mol. The van der Waals surface area contributed by atoms with Gasteiger partial charge >= 0.3 is 0 Å². The highest BCUT2D eigenvalue weighted by Gasteiger charge is 2.46. The molecule has 3 N–H and O–H groups in total. The van der Waals surface area contributed by atoms with Crippen molar-refractivity contribution < 1.29 is 14.6 Å². The monoisotopic (exact) mass is 416 g/mol. The lowest BCUT2D eigenvalue weighted by Gasteiger charge is -2.36. The number of carbonyl (C=O) groups excluding carboxylic acids is 1. The Morgan fingerprint density at radius 1 is 1.23 bits per heavy atom. The first-order valence-electron chi connectivity index (χ1n) is 11.2. The van der Waals surface area contributed by atoms with Crippen molar-refractivity contribution in [3.05, 3.63) is 18.1 Å². The Labute approximate surface area is 177 Å². The Morgan fingerprint density at radius 3 is 2.77 bits per heavy atom. The first-order valence-corrected chi connectivity index (χ1v) is 11.2. The highest BCUT2D eigenvalue weighted by Crippen LogP contribution is 2.45. The van der Waals surface area contributed by atoms with Gasteiger partial charge in [0, 0.05) is 44.2 Å². The molecule has 0 spiro atoms. The lowest BCUT2D eigenvalue weighted by molar-refractivity contribution is -0.134. The summed E-state index contributed by atoms with van der Waals surface area (Å²) in [6.07, 6.45) is 7.63. The maximum atomic E-state index is 11.7. The van der Waals surface area contributed by atoms with Crippen LogP contribution in [0.25, 0.3) is 0 Å². The topological polar surface area (TPSA) is 103 Å². The maximum Gasteiger partial charge on any atom is 0.248 e. The van der Waals surface area contributed by atoms with Crippen molar-refractivity contribution >= 4 is 11.7 Å². The number of nitrogens with zero attached hydrogens (tertiary/aromatic N) is 4. The quantitative estimate of drug-likeness (QED) is 0.633. The van der Waals surface area contributed by atoms with Gasteiger partial charge in [-0.1, -0.05) is 0 Å². The number of fused-ring (bicyclic) bond motifs is 1. The molecule has 0 bridgehead atoms. The molecule has 3 heterocycles. The summed E-state index contributed by atoms with van der Waals surface area (Å²) in [5, 5.41) is 9.06. The van der Waals surface area contributed by atoms with Crippen molar-refractivity contribution in [2.24, 2.45) is 5.92 Å². The minimum absolute atomic E-state index is 0.119. The van der Waals surface area contributed by atoms with Crippen LogP contribution in [0.15, 0.2) is 12.4 Å². The second kappa shape index (κ2) is 8.03. The molecule has 0 aromatic carbocycles. The van der Waals surface area contributed by atoms with E-state index in [4.69, 9.17) is 9.84 Å². The van der Waals surface area contributed by atoms with Gasteiger partial charge in [0.2, 0.25) is 5.91 Å². The zero-order valence-electron chi connectivity index (χ0n) is 17.6. The normalized spacial score (nSPS) is 32.7. The summed E-state index contributed by atoms with van der Waals surface area (Å²) in [5.74, 6) is 1.14. The van der Waals surface area contributed by atoms with Crippen molar-refractivity contribution in [3.63, 3.8) is 0 Å². The summed E-state index contributed by atoms with van der Waals surface area (Å²) < 4.78 is 6.39. The highest BCUT2D eigenvalue weighted by atomic mass is 16.5. The van der Waals surface area contributed by atoms with Crippen molar-refractivity contribution in [1.29, 1.82) is 0 Å². The number of piperazine rings is 1. The van der Waals surface area contributed by atoms with Crippen LogP contribution in [-0.2, 0) is 9.53 Å². The van der Waals surface area contributed by atoms with E-state index in [0.29, 0.717) is 44.2 Å². The number of rotatable bonds is 5. The standard InChI is InChI=1S/C21H32N6O3/c1-21(4-5-21)30-14-2-3-16-15(10-14)20(25-24-16)17-11-18(23-13-22-17)26-6-8-27(9-7-26)19(29)12-28/h11,13-16,20,24-25,28H,2-10,12H2,1H3. The second-order valence-electron chi connectivity index (χ2n) is 9.37. The van der Waals surface area contributed by atoms with E-state index in [9.17, 15) is 4.79 Å². The number of aromatic nitrogens is 2. The molecule has 5 rings (SSSR count). The lowest BCUT2D eigenvalue weighted by Crippen LogP contribution is -2.49. The van der Waals surface area contributed by atoms with Crippen LogP contribution in [0.4, 0.5) is 5.82 Å². The molecule has 1 aromatic rings. The number of aliphatic hydroxyl groups is 1. The maximum absolute atomic E-state index is 11.7. The summed E-state index contributed by atoms with van der Waals surface area (Å²) in [5.41, 5.74) is 8.09. The lowest BCUT2D eigenvalue weighted by atomic mass is 9.79. The molecule has 4 aliphatic rings. The fourth-order valence-electron chi connectivity index (χ4n) is 5.10. The molecule has 2 aliphatic heterocycles. The SMILES string of the molecule is CC1(OC2CCC3NNC(c4cc(N5CCN(C(=O)CO)CC5)ncn4)C3C2)CC1. The van der Waals surface area contributed by atoms with Gasteiger partial charge in [-0.15, -0.1) is 0 Å². The van der Waals surface area contributed by atoms with E-state index in [-0.39, 0.29) is 17.6 Å². The van der Waals surface area contributed by atoms with E-state index >= 15 is 0 Å². The molecule has 4 atom stereocenters. The molecule has 0 radical (unpaired) electrons. The van der Waals surface area contributed by atoms with Gasteiger partial charge in [-0.05, 0) is 39.0 Å². The molecule has 9 heteroatoms. The van der Waals surface area contributed by atoms with Gasteiger partial charge in [-0.25, -0.2) is 15.4 Å². The number of anilines is 1. The van der Waals surface area contributed by atoms with Crippen LogP contribution in [0.1, 0.15) is 50.8 Å². The number of hydrazine groups is 1. The van der Waals surface area contributed by atoms with Crippen LogP contribution >= 0.6 is 0 Å². The van der Waals surface area contributed by atoms with E-state index in [1.807, 2.05) is 0 Å². The molecule has 2 saturated carbocycles. The smallest absolute Gasteiger partial charge is 0.248 e. The summed E-state index contributed by atoms with van der Waals surface area (Å²) >= 11 is 0. The van der Waals surface area contributed by atoms with Crippen molar-refractivity contribution in [2.45, 2.75) is 62.8 Å². The number of hydrogen-bond donors (Lipinski definition) is 3. The second-order valence-corrected chi connectivity index (χ2v) is 9.37. The predicted octanol–water partition coefficient (Wildman–Crippen LogP) is 0.373. The van der Waals surface area contributed by atoms with Crippen molar-refractivity contribution in [1.82, 2.24) is 25.7 Å². The van der Waals surface area contributed by atoms with Gasteiger partial charge in [-0.3, -0.25) is 10.2 Å². The number of hydrogen-bond acceptors (Lipinski definition) is 8. The number of carbonyl (C=O) groups is 1. The molecular weight excluding hydrogens is 384 g/mol. The van der Waals surface area contributed by atoms with Crippen LogP contribution in [0.2, 0.25) is 0 Å². The fourth-order valence-corrected chi connectivity index (χ4v) is 5.10.